The molecule has 0 radical (unpaired) electrons. The number of benzene rings is 1. The number of anilines is 1. The summed E-state index contributed by atoms with van der Waals surface area (Å²) >= 11 is 0. The Morgan fingerprint density at radius 2 is 2.18 bits per heavy atom. The van der Waals surface area contributed by atoms with Gasteiger partial charge >= 0.3 is 0 Å². The third kappa shape index (κ3) is 3.68. The molecule has 1 amide bonds. The predicted octanol–water partition coefficient (Wildman–Crippen LogP) is 2.66. The number of carbonyl (C=O) groups excluding carboxylic acids is 1. The Morgan fingerprint density at radius 1 is 1.32 bits per heavy atom. The van der Waals surface area contributed by atoms with Crippen molar-refractivity contribution in [2.75, 3.05) is 11.9 Å². The summed E-state index contributed by atoms with van der Waals surface area (Å²) in [6.07, 6.45) is 6.12. The molecule has 1 heterocycles. The van der Waals surface area contributed by atoms with Crippen molar-refractivity contribution in [3.05, 3.63) is 29.8 Å². The Balaban J connectivity index is 1.57. The minimum absolute atomic E-state index is 0.0227. The van der Waals surface area contributed by atoms with Crippen molar-refractivity contribution in [3.63, 3.8) is 0 Å². The quantitative estimate of drug-likeness (QED) is 0.784. The number of fused-ring (bicyclic) bond motifs is 1. The maximum absolute atomic E-state index is 12.5. The predicted molar refractivity (Wildman–Crippen MR) is 89.7 cm³/mol. The number of rotatable bonds is 5. The molecule has 3 atom stereocenters. The lowest BCUT2D eigenvalue weighted by Crippen LogP contribution is -2.39. The van der Waals surface area contributed by atoms with Crippen molar-refractivity contribution in [3.8, 4) is 0 Å². The molecule has 4 nitrogen and oxygen atoms in total. The van der Waals surface area contributed by atoms with Gasteiger partial charge in [0.1, 0.15) is 0 Å². The fourth-order valence-electron chi connectivity index (χ4n) is 3.78. The summed E-state index contributed by atoms with van der Waals surface area (Å²) in [7, 11) is 0. The zero-order valence-corrected chi connectivity index (χ0v) is 13.4. The molecule has 1 saturated heterocycles. The van der Waals surface area contributed by atoms with E-state index in [2.05, 4.69) is 35.0 Å². The summed E-state index contributed by atoms with van der Waals surface area (Å²) < 4.78 is 0. The monoisotopic (exact) mass is 301 g/mol. The molecule has 3 N–H and O–H groups in total. The maximum Gasteiger partial charge on any atom is 0.241 e. The normalized spacial score (nSPS) is 27.4. The Hall–Kier alpha value is -1.39. The molecule has 22 heavy (non-hydrogen) atoms. The molecule has 3 unspecified atom stereocenters. The van der Waals surface area contributed by atoms with Crippen molar-refractivity contribution >= 4 is 11.6 Å². The molecule has 1 aromatic carbocycles. The Morgan fingerprint density at radius 3 is 3.00 bits per heavy atom. The maximum atomic E-state index is 12.5. The summed E-state index contributed by atoms with van der Waals surface area (Å²) in [4.78, 5) is 12.5. The van der Waals surface area contributed by atoms with Crippen LogP contribution in [0, 0.1) is 5.92 Å². The van der Waals surface area contributed by atoms with Crippen molar-refractivity contribution < 1.29 is 4.79 Å². The van der Waals surface area contributed by atoms with Crippen LogP contribution in [0.2, 0.25) is 0 Å². The van der Waals surface area contributed by atoms with E-state index in [1.807, 2.05) is 12.1 Å². The first-order chi connectivity index (χ1) is 10.8. The Labute approximate surface area is 133 Å². The SMILES string of the molecule is CCNCc1cccc(NC(=O)C2CC3CCCCC3N2)c1. The highest BCUT2D eigenvalue weighted by Gasteiger charge is 2.38. The van der Waals surface area contributed by atoms with Gasteiger partial charge in [-0.15, -0.1) is 0 Å². The molecule has 120 valence electrons. The summed E-state index contributed by atoms with van der Waals surface area (Å²) in [5.41, 5.74) is 2.10. The summed E-state index contributed by atoms with van der Waals surface area (Å²) in [6.45, 7) is 3.88. The third-order valence-corrected chi connectivity index (χ3v) is 4.95. The zero-order valence-electron chi connectivity index (χ0n) is 13.4. The molecular weight excluding hydrogens is 274 g/mol. The third-order valence-electron chi connectivity index (χ3n) is 4.95. The van der Waals surface area contributed by atoms with E-state index in [4.69, 9.17) is 0 Å². The fourth-order valence-corrected chi connectivity index (χ4v) is 3.78. The number of nitrogens with one attached hydrogen (secondary N) is 3. The standard InChI is InChI=1S/C18H27N3O/c1-2-19-12-13-6-5-8-15(10-13)20-18(22)17-11-14-7-3-4-9-16(14)21-17/h5-6,8,10,14,16-17,19,21H,2-4,7,9,11-12H2,1H3,(H,20,22). The lowest BCUT2D eigenvalue weighted by atomic mass is 9.85. The van der Waals surface area contributed by atoms with E-state index in [1.165, 1.54) is 31.2 Å². The van der Waals surface area contributed by atoms with Crippen LogP contribution in [0.25, 0.3) is 0 Å². The van der Waals surface area contributed by atoms with Gasteiger partial charge in [-0.25, -0.2) is 0 Å². The van der Waals surface area contributed by atoms with Gasteiger partial charge in [0, 0.05) is 18.3 Å². The lowest BCUT2D eigenvalue weighted by molar-refractivity contribution is -0.117. The van der Waals surface area contributed by atoms with Gasteiger partial charge in [0.05, 0.1) is 6.04 Å². The van der Waals surface area contributed by atoms with Crippen LogP contribution in [0.4, 0.5) is 5.69 Å². The minimum atomic E-state index is -0.0227. The average molecular weight is 301 g/mol. The smallest absolute Gasteiger partial charge is 0.241 e. The molecule has 2 fully saturated rings. The summed E-state index contributed by atoms with van der Waals surface area (Å²) in [5, 5.41) is 9.93. The van der Waals surface area contributed by atoms with Crippen molar-refractivity contribution in [2.45, 2.75) is 57.7 Å². The number of amides is 1. The molecule has 0 spiro atoms. The fraction of sp³-hybridized carbons (Fsp3) is 0.611. The van der Waals surface area contributed by atoms with Gasteiger partial charge in [0.2, 0.25) is 5.91 Å². The Bertz CT molecular complexity index is 503. The molecular formula is C18H27N3O. The van der Waals surface area contributed by atoms with E-state index in [0.29, 0.717) is 12.0 Å². The van der Waals surface area contributed by atoms with Crippen molar-refractivity contribution in [2.24, 2.45) is 5.92 Å². The van der Waals surface area contributed by atoms with E-state index in [1.54, 1.807) is 0 Å². The van der Waals surface area contributed by atoms with Crippen LogP contribution in [0.15, 0.2) is 24.3 Å². The van der Waals surface area contributed by atoms with E-state index in [9.17, 15) is 4.79 Å². The first-order valence-electron chi connectivity index (χ1n) is 8.63. The van der Waals surface area contributed by atoms with Crippen LogP contribution in [0.3, 0.4) is 0 Å². The van der Waals surface area contributed by atoms with E-state index < -0.39 is 0 Å². The van der Waals surface area contributed by atoms with E-state index in [-0.39, 0.29) is 11.9 Å². The second-order valence-corrected chi connectivity index (χ2v) is 6.58. The molecule has 0 bridgehead atoms. The van der Waals surface area contributed by atoms with E-state index >= 15 is 0 Å². The topological polar surface area (TPSA) is 53.2 Å². The second-order valence-electron chi connectivity index (χ2n) is 6.58. The number of hydrogen-bond donors (Lipinski definition) is 3. The van der Waals surface area contributed by atoms with Gasteiger partial charge in [-0.1, -0.05) is 31.9 Å². The molecule has 0 aromatic heterocycles. The Kier molecular flexibility index (Phi) is 5.11. The number of hydrogen-bond acceptors (Lipinski definition) is 3. The van der Waals surface area contributed by atoms with Gasteiger partial charge in [-0.2, -0.15) is 0 Å². The average Bonchev–Trinajstić information content (AvgIpc) is 2.97. The van der Waals surface area contributed by atoms with Gasteiger partial charge in [-0.3, -0.25) is 4.79 Å². The number of carbonyl (C=O) groups is 1. The molecule has 1 aliphatic carbocycles. The minimum Gasteiger partial charge on any atom is -0.325 e. The molecule has 2 aliphatic rings. The van der Waals surface area contributed by atoms with Crippen molar-refractivity contribution in [1.29, 1.82) is 0 Å². The molecule has 1 saturated carbocycles. The highest BCUT2D eigenvalue weighted by Crippen LogP contribution is 2.33. The molecule has 1 aliphatic heterocycles. The van der Waals surface area contributed by atoms with Crippen LogP contribution in [-0.2, 0) is 11.3 Å². The van der Waals surface area contributed by atoms with Crippen molar-refractivity contribution in [1.82, 2.24) is 10.6 Å². The summed E-state index contributed by atoms with van der Waals surface area (Å²) in [5.74, 6) is 0.819. The lowest BCUT2D eigenvalue weighted by Gasteiger charge is -2.24. The second kappa shape index (κ2) is 7.25. The summed E-state index contributed by atoms with van der Waals surface area (Å²) in [6, 6.07) is 8.65. The van der Waals surface area contributed by atoms with Crippen LogP contribution >= 0.6 is 0 Å². The van der Waals surface area contributed by atoms with Crippen LogP contribution < -0.4 is 16.0 Å². The highest BCUT2D eigenvalue weighted by atomic mass is 16.2. The van der Waals surface area contributed by atoms with Gasteiger partial charge in [0.15, 0.2) is 0 Å². The van der Waals surface area contributed by atoms with Gasteiger partial charge < -0.3 is 16.0 Å². The van der Waals surface area contributed by atoms with Gasteiger partial charge in [-0.05, 0) is 49.4 Å². The largest absolute Gasteiger partial charge is 0.325 e. The highest BCUT2D eigenvalue weighted by molar-refractivity contribution is 5.95. The molecule has 4 heteroatoms. The molecule has 1 aromatic rings. The van der Waals surface area contributed by atoms with E-state index in [0.717, 1.165) is 25.2 Å². The molecule has 3 rings (SSSR count). The van der Waals surface area contributed by atoms with Crippen LogP contribution in [0.1, 0.15) is 44.6 Å². The first kappa shape index (κ1) is 15.5. The zero-order chi connectivity index (χ0) is 15.4. The van der Waals surface area contributed by atoms with Gasteiger partial charge in [0.25, 0.3) is 0 Å². The first-order valence-corrected chi connectivity index (χ1v) is 8.63. The van der Waals surface area contributed by atoms with Crippen LogP contribution in [-0.4, -0.2) is 24.5 Å². The van der Waals surface area contributed by atoms with Crippen LogP contribution in [0.5, 0.6) is 0 Å².